The summed E-state index contributed by atoms with van der Waals surface area (Å²) >= 11 is 12.1. The van der Waals surface area contributed by atoms with Gasteiger partial charge in [0, 0.05) is 10.0 Å². The van der Waals surface area contributed by atoms with Crippen LogP contribution in [0.2, 0.25) is 10.0 Å². The molecular formula is C24H24Cl2N2O6. The van der Waals surface area contributed by atoms with E-state index in [0.717, 1.165) is 40.7 Å². The molecule has 0 unspecified atom stereocenters. The van der Waals surface area contributed by atoms with Crippen LogP contribution < -0.4 is 16.2 Å². The zero-order chi connectivity index (χ0) is 24.7. The molecule has 1 aromatic heterocycles. The van der Waals surface area contributed by atoms with Crippen LogP contribution in [0.1, 0.15) is 37.3 Å². The second-order valence-electron chi connectivity index (χ2n) is 7.61. The molecule has 0 saturated carbocycles. The fourth-order valence-corrected chi connectivity index (χ4v) is 3.92. The Hall–Kier alpha value is -3.23. The number of unbranched alkanes of at least 4 members (excludes halogenated alkanes) is 1. The molecule has 0 fully saturated rings. The predicted molar refractivity (Wildman–Crippen MR) is 130 cm³/mol. The number of aliphatic carboxylic acids is 1. The molecule has 0 atom stereocenters. The molecule has 10 heteroatoms. The lowest BCUT2D eigenvalue weighted by atomic mass is 9.99. The van der Waals surface area contributed by atoms with Crippen LogP contribution in [-0.2, 0) is 24.5 Å². The maximum absolute atomic E-state index is 12.3. The number of hydrogen-bond acceptors (Lipinski definition) is 5. The van der Waals surface area contributed by atoms with Gasteiger partial charge in [0.1, 0.15) is 18.9 Å². The van der Waals surface area contributed by atoms with E-state index in [0.29, 0.717) is 20.4 Å². The number of aromatic nitrogens is 2. The fourth-order valence-electron chi connectivity index (χ4n) is 3.35. The Morgan fingerprint density at radius 2 is 1.88 bits per heavy atom. The van der Waals surface area contributed by atoms with Gasteiger partial charge < -0.3 is 14.4 Å². The second kappa shape index (κ2) is 11.8. The molecule has 3 aromatic rings. The van der Waals surface area contributed by atoms with Gasteiger partial charge in [0.25, 0.3) is 0 Å². The number of ether oxygens (including phenoxy) is 1. The molecular weight excluding hydrogens is 483 g/mol. The van der Waals surface area contributed by atoms with E-state index in [1.54, 1.807) is 24.3 Å². The van der Waals surface area contributed by atoms with Crippen molar-refractivity contribution in [1.29, 1.82) is 0 Å². The Labute approximate surface area is 205 Å². The molecule has 0 radical (unpaired) electrons. The molecule has 8 nitrogen and oxygen atoms in total. The van der Waals surface area contributed by atoms with E-state index in [-0.39, 0.29) is 13.2 Å². The molecule has 0 amide bonds. The average molecular weight is 507 g/mol. The summed E-state index contributed by atoms with van der Waals surface area (Å²) < 4.78 is 12.2. The Morgan fingerprint density at radius 1 is 1.15 bits per heavy atom. The summed E-state index contributed by atoms with van der Waals surface area (Å²) in [6.45, 7) is 1.60. The Bertz CT molecular complexity index is 1290. The molecule has 0 aliphatic carbocycles. The minimum absolute atomic E-state index is 0.00810. The number of carbonyl (C=O) groups is 1. The van der Waals surface area contributed by atoms with Crippen LogP contribution in [0.5, 0.6) is 5.75 Å². The molecule has 180 valence electrons. The minimum Gasteiger partial charge on any atom is -0.489 e. The summed E-state index contributed by atoms with van der Waals surface area (Å²) in [5.41, 5.74) is 1.87. The van der Waals surface area contributed by atoms with Gasteiger partial charge in [0.15, 0.2) is 0 Å². The highest BCUT2D eigenvalue weighted by atomic mass is 35.5. The highest BCUT2D eigenvalue weighted by molar-refractivity contribution is 6.34. The number of carboxylic acids is 1. The Balaban J connectivity index is 1.81. The zero-order valence-corrected chi connectivity index (χ0v) is 20.0. The van der Waals surface area contributed by atoms with Crippen LogP contribution in [0.15, 0.2) is 62.7 Å². The smallest absolute Gasteiger partial charge is 0.443 e. The number of carboxylic acid groups (broad SMARTS) is 1. The number of hydrogen-bond donors (Lipinski definition) is 1. The van der Waals surface area contributed by atoms with Gasteiger partial charge in [-0.05, 0) is 59.9 Å². The molecule has 1 N–H and O–H groups in total. The minimum atomic E-state index is -1.30. The molecule has 0 aliphatic rings. The Kier molecular flexibility index (Phi) is 8.79. The van der Waals surface area contributed by atoms with E-state index in [4.69, 9.17) is 37.6 Å². The SMILES string of the molecule is CCCC/C(=C\Cn1oc(=O)n(CC(=O)O)c1=O)c1cccc(OCc2cc(Cl)cc(Cl)c2)c1. The lowest BCUT2D eigenvalue weighted by Crippen LogP contribution is -2.31. The van der Waals surface area contributed by atoms with Crippen LogP contribution >= 0.6 is 23.2 Å². The molecule has 0 saturated heterocycles. The van der Waals surface area contributed by atoms with Crippen LogP contribution in [0, 0.1) is 0 Å². The van der Waals surface area contributed by atoms with E-state index in [1.807, 2.05) is 24.3 Å². The van der Waals surface area contributed by atoms with Gasteiger partial charge in [-0.1, -0.05) is 54.8 Å². The number of halogens is 2. The summed E-state index contributed by atoms with van der Waals surface area (Å²) in [5.74, 6) is -1.66. The summed E-state index contributed by atoms with van der Waals surface area (Å²) in [6, 6.07) is 12.7. The second-order valence-corrected chi connectivity index (χ2v) is 8.48. The molecule has 1 heterocycles. The van der Waals surface area contributed by atoms with E-state index < -0.39 is 24.0 Å². The van der Waals surface area contributed by atoms with Crippen molar-refractivity contribution in [2.24, 2.45) is 0 Å². The van der Waals surface area contributed by atoms with Crippen molar-refractivity contribution >= 4 is 34.7 Å². The summed E-state index contributed by atoms with van der Waals surface area (Å²) in [5, 5.41) is 9.93. The average Bonchev–Trinajstić information content (AvgIpc) is 3.04. The first-order valence-electron chi connectivity index (χ1n) is 10.7. The molecule has 34 heavy (non-hydrogen) atoms. The number of nitrogens with zero attached hydrogens (tertiary/aromatic N) is 2. The molecule has 2 aromatic carbocycles. The van der Waals surface area contributed by atoms with E-state index in [9.17, 15) is 14.4 Å². The van der Waals surface area contributed by atoms with Crippen molar-refractivity contribution in [1.82, 2.24) is 9.31 Å². The van der Waals surface area contributed by atoms with Gasteiger partial charge >= 0.3 is 17.4 Å². The third kappa shape index (κ3) is 6.88. The van der Waals surface area contributed by atoms with Crippen LogP contribution in [0.4, 0.5) is 0 Å². The molecule has 3 rings (SSSR count). The zero-order valence-electron chi connectivity index (χ0n) is 18.5. The number of benzene rings is 2. The van der Waals surface area contributed by atoms with Gasteiger partial charge in [0.05, 0.1) is 6.54 Å². The highest BCUT2D eigenvalue weighted by Crippen LogP contribution is 2.26. The van der Waals surface area contributed by atoms with Gasteiger partial charge in [-0.3, -0.25) is 4.79 Å². The van der Waals surface area contributed by atoms with Gasteiger partial charge in [-0.25, -0.2) is 14.2 Å². The number of rotatable bonds is 11. The van der Waals surface area contributed by atoms with E-state index in [1.165, 1.54) is 0 Å². The van der Waals surface area contributed by atoms with Crippen molar-refractivity contribution in [3.63, 3.8) is 0 Å². The summed E-state index contributed by atoms with van der Waals surface area (Å²) in [4.78, 5) is 35.0. The monoisotopic (exact) mass is 506 g/mol. The first kappa shape index (κ1) is 25.4. The fraction of sp³-hybridized carbons (Fsp3) is 0.292. The maximum atomic E-state index is 12.3. The standard InChI is InChI=1S/C24H24Cl2N2O6/c1-2-3-5-17(8-9-28-23(31)27(14-22(29)30)24(32)34-28)18-6-4-7-21(12-18)33-15-16-10-19(25)13-20(26)11-16/h4,6-8,10-13H,2-3,5,9,14-15H2,1H3,(H,29,30)/b17-8+. The van der Waals surface area contributed by atoms with Crippen LogP contribution in [0.25, 0.3) is 5.57 Å². The number of allylic oxidation sites excluding steroid dienone is 2. The van der Waals surface area contributed by atoms with Gasteiger partial charge in [-0.2, -0.15) is 0 Å². The normalized spacial score (nSPS) is 11.6. The summed E-state index contributed by atoms with van der Waals surface area (Å²) in [7, 11) is 0. The van der Waals surface area contributed by atoms with Crippen LogP contribution in [0.3, 0.4) is 0 Å². The lowest BCUT2D eigenvalue weighted by Gasteiger charge is -2.12. The Morgan fingerprint density at radius 3 is 2.56 bits per heavy atom. The first-order chi connectivity index (χ1) is 16.3. The van der Waals surface area contributed by atoms with Crippen molar-refractivity contribution in [2.45, 2.75) is 45.9 Å². The highest BCUT2D eigenvalue weighted by Gasteiger charge is 2.14. The quantitative estimate of drug-likeness (QED) is 0.398. The third-order valence-corrected chi connectivity index (χ3v) is 5.42. The molecule has 0 spiro atoms. The van der Waals surface area contributed by atoms with Gasteiger partial charge in [-0.15, -0.1) is 4.74 Å². The van der Waals surface area contributed by atoms with E-state index in [2.05, 4.69) is 6.92 Å². The lowest BCUT2D eigenvalue weighted by molar-refractivity contribution is -0.137. The topological polar surface area (TPSA) is 104 Å². The predicted octanol–water partition coefficient (Wildman–Crippen LogP) is 4.85. The largest absolute Gasteiger partial charge is 0.489 e. The van der Waals surface area contributed by atoms with Crippen molar-refractivity contribution in [3.8, 4) is 5.75 Å². The van der Waals surface area contributed by atoms with Crippen molar-refractivity contribution in [3.05, 3.63) is 90.7 Å². The first-order valence-corrected chi connectivity index (χ1v) is 11.4. The molecule has 0 bridgehead atoms. The summed E-state index contributed by atoms with van der Waals surface area (Å²) in [6.07, 6.45) is 4.41. The molecule has 0 aliphatic heterocycles. The van der Waals surface area contributed by atoms with Gasteiger partial charge in [0.2, 0.25) is 0 Å². The third-order valence-electron chi connectivity index (χ3n) is 4.98. The maximum Gasteiger partial charge on any atom is 0.443 e. The van der Waals surface area contributed by atoms with E-state index >= 15 is 0 Å². The van der Waals surface area contributed by atoms with Crippen LogP contribution in [-0.4, -0.2) is 20.4 Å². The van der Waals surface area contributed by atoms with Crippen molar-refractivity contribution in [2.75, 3.05) is 0 Å². The van der Waals surface area contributed by atoms with Crippen molar-refractivity contribution < 1.29 is 19.2 Å².